The predicted molar refractivity (Wildman–Crippen MR) is 61.4 cm³/mol. The number of rotatable bonds is 3. The molecule has 4 nitrogen and oxygen atoms in total. The Morgan fingerprint density at radius 2 is 2.12 bits per heavy atom. The number of hydrogen-bond acceptors (Lipinski definition) is 1. The summed E-state index contributed by atoms with van der Waals surface area (Å²) in [7, 11) is 0. The summed E-state index contributed by atoms with van der Waals surface area (Å²) in [5.41, 5.74) is 2.40. The monoisotopic (exact) mass is 218 g/mol. The number of aromatic nitrogens is 1. The third-order valence-corrected chi connectivity index (χ3v) is 2.44. The number of carbonyl (C=O) groups is 1. The summed E-state index contributed by atoms with van der Waals surface area (Å²) in [5.74, 6) is 0.0230. The van der Waals surface area contributed by atoms with Gasteiger partial charge in [0.2, 0.25) is 5.91 Å². The second-order valence-electron chi connectivity index (χ2n) is 3.59. The fraction of sp³-hybridized carbons (Fsp3) is 0.250. The number of carbonyl (C=O) groups excluding carboxylic acids is 1. The maximum Gasteiger partial charge on any atom is 0.216 e. The van der Waals surface area contributed by atoms with Crippen molar-refractivity contribution in [2.45, 2.75) is 13.3 Å². The second kappa shape index (κ2) is 5.32. The van der Waals surface area contributed by atoms with Crippen LogP contribution in [-0.4, -0.2) is 17.4 Å². The molecule has 2 aromatic rings. The lowest BCUT2D eigenvalue weighted by molar-refractivity contribution is -0.118. The number of para-hydroxylation sites is 1. The molecule has 1 aromatic heterocycles. The molecule has 0 atom stereocenters. The molecule has 0 aliphatic heterocycles. The summed E-state index contributed by atoms with van der Waals surface area (Å²) in [6.07, 6.45) is 2.87. The normalized spacial score (nSPS) is 9.81. The Bertz CT molecular complexity index is 477. The van der Waals surface area contributed by atoms with Crippen molar-refractivity contribution in [2.24, 2.45) is 0 Å². The maximum absolute atomic E-state index is 10.7. The summed E-state index contributed by atoms with van der Waals surface area (Å²) in [6, 6.07) is 8.18. The van der Waals surface area contributed by atoms with Crippen molar-refractivity contribution in [2.75, 3.05) is 6.54 Å². The Balaban J connectivity index is 0.00000128. The quantitative estimate of drug-likeness (QED) is 0.808. The van der Waals surface area contributed by atoms with Crippen LogP contribution in [0.15, 0.2) is 30.5 Å². The highest BCUT2D eigenvalue weighted by atomic mass is 16.1. The van der Waals surface area contributed by atoms with Crippen LogP contribution in [0.5, 0.6) is 0 Å². The molecule has 16 heavy (non-hydrogen) atoms. The summed E-state index contributed by atoms with van der Waals surface area (Å²) in [4.78, 5) is 13.9. The van der Waals surface area contributed by atoms with E-state index >= 15 is 0 Å². The highest BCUT2D eigenvalue weighted by Crippen LogP contribution is 2.17. The summed E-state index contributed by atoms with van der Waals surface area (Å²) >= 11 is 0. The van der Waals surface area contributed by atoms with E-state index in [9.17, 15) is 4.79 Å². The predicted octanol–water partition coefficient (Wildman–Crippen LogP) is 1.73. The van der Waals surface area contributed by atoms with Crippen LogP contribution in [-0.2, 0) is 16.7 Å². The molecule has 0 fully saturated rings. The first-order chi connectivity index (χ1) is 7.27. The van der Waals surface area contributed by atoms with Gasteiger partial charge >= 0.3 is 0 Å². The third-order valence-electron chi connectivity index (χ3n) is 2.44. The van der Waals surface area contributed by atoms with Crippen LogP contribution in [0.3, 0.4) is 0 Å². The van der Waals surface area contributed by atoms with Crippen molar-refractivity contribution in [1.82, 2.24) is 10.3 Å². The first kappa shape index (κ1) is 12.3. The number of aromatic amines is 1. The molecule has 1 heterocycles. The molecule has 2 rings (SSSR count). The van der Waals surface area contributed by atoms with Crippen molar-refractivity contribution < 1.29 is 10.3 Å². The van der Waals surface area contributed by atoms with Gasteiger partial charge in [-0.25, -0.2) is 0 Å². The molecule has 84 valence electrons. The Morgan fingerprint density at radius 1 is 1.38 bits per heavy atom. The molecule has 0 saturated carbocycles. The lowest BCUT2D eigenvalue weighted by Gasteiger charge is -2.00. The van der Waals surface area contributed by atoms with Crippen LogP contribution in [0.4, 0.5) is 0 Å². The van der Waals surface area contributed by atoms with E-state index in [1.54, 1.807) is 0 Å². The van der Waals surface area contributed by atoms with E-state index in [0.717, 1.165) is 11.9 Å². The lowest BCUT2D eigenvalue weighted by atomic mass is 10.1. The molecule has 0 unspecified atom stereocenters. The highest BCUT2D eigenvalue weighted by Gasteiger charge is 2.02. The van der Waals surface area contributed by atoms with Gasteiger partial charge in [0.1, 0.15) is 0 Å². The summed E-state index contributed by atoms with van der Waals surface area (Å²) < 4.78 is 0. The van der Waals surface area contributed by atoms with Crippen molar-refractivity contribution >= 4 is 16.8 Å². The second-order valence-corrected chi connectivity index (χ2v) is 3.59. The smallest absolute Gasteiger partial charge is 0.216 e. The number of hydrogen-bond donors (Lipinski definition) is 2. The molecular formula is C12H14N2O2. The summed E-state index contributed by atoms with van der Waals surface area (Å²) in [6.45, 7) is 2.23. The Kier molecular flexibility index (Phi) is 4.08. The number of amides is 1. The van der Waals surface area contributed by atoms with Crippen molar-refractivity contribution in [1.29, 1.82) is 0 Å². The van der Waals surface area contributed by atoms with E-state index in [4.69, 9.17) is 0 Å². The van der Waals surface area contributed by atoms with Crippen LogP contribution in [0.1, 0.15) is 12.5 Å². The van der Waals surface area contributed by atoms with Gasteiger partial charge in [-0.05, 0) is 18.1 Å². The van der Waals surface area contributed by atoms with Gasteiger partial charge in [-0.15, -0.1) is 0 Å². The van der Waals surface area contributed by atoms with E-state index in [1.807, 2.05) is 18.3 Å². The fourth-order valence-electron chi connectivity index (χ4n) is 1.71. The molecule has 4 heteroatoms. The molecule has 0 bridgehead atoms. The van der Waals surface area contributed by atoms with E-state index in [2.05, 4.69) is 22.4 Å². The van der Waals surface area contributed by atoms with Crippen molar-refractivity contribution in [3.8, 4) is 0 Å². The van der Waals surface area contributed by atoms with Gasteiger partial charge in [-0.1, -0.05) is 18.2 Å². The first-order valence-corrected chi connectivity index (χ1v) is 5.07. The molecule has 0 spiro atoms. The SMILES string of the molecule is CC(=O)NCCc1c[nH]c2ccccc12.[O]. The largest absolute Gasteiger partial charge is 0.361 e. The van der Waals surface area contributed by atoms with Crippen LogP contribution >= 0.6 is 0 Å². The zero-order chi connectivity index (χ0) is 10.7. The van der Waals surface area contributed by atoms with E-state index < -0.39 is 0 Å². The van der Waals surface area contributed by atoms with Crippen LogP contribution in [0, 0.1) is 0 Å². The molecule has 0 aliphatic carbocycles. The third kappa shape index (κ3) is 2.61. The maximum atomic E-state index is 10.7. The number of fused-ring (bicyclic) bond motifs is 1. The van der Waals surface area contributed by atoms with Gasteiger partial charge in [0, 0.05) is 36.0 Å². The standard InChI is InChI=1S/C12H14N2O.O/c1-9(15)13-7-6-10-8-14-12-5-3-2-4-11(10)12;/h2-5,8,14H,6-7H2,1H3,(H,13,15);. The van der Waals surface area contributed by atoms with Crippen LogP contribution < -0.4 is 5.32 Å². The molecular weight excluding hydrogens is 204 g/mol. The molecule has 2 N–H and O–H groups in total. The Labute approximate surface area is 94.0 Å². The molecule has 0 aliphatic rings. The Hall–Kier alpha value is -1.81. The van der Waals surface area contributed by atoms with Gasteiger partial charge in [0.15, 0.2) is 0 Å². The van der Waals surface area contributed by atoms with Gasteiger partial charge in [0.05, 0.1) is 0 Å². The van der Waals surface area contributed by atoms with Crippen molar-refractivity contribution in [3.63, 3.8) is 0 Å². The van der Waals surface area contributed by atoms with Crippen LogP contribution in [0.25, 0.3) is 10.9 Å². The minimum atomic E-state index is 0. The number of nitrogens with one attached hydrogen (secondary N) is 2. The number of H-pyrrole nitrogens is 1. The highest BCUT2D eigenvalue weighted by molar-refractivity contribution is 5.83. The van der Waals surface area contributed by atoms with Gasteiger partial charge in [0.25, 0.3) is 0 Å². The lowest BCUT2D eigenvalue weighted by Crippen LogP contribution is -2.22. The van der Waals surface area contributed by atoms with Crippen LogP contribution in [0.2, 0.25) is 0 Å². The fourth-order valence-corrected chi connectivity index (χ4v) is 1.71. The van der Waals surface area contributed by atoms with E-state index in [1.165, 1.54) is 17.9 Å². The van der Waals surface area contributed by atoms with E-state index in [0.29, 0.717) is 6.54 Å². The Morgan fingerprint density at radius 3 is 2.88 bits per heavy atom. The topological polar surface area (TPSA) is 73.4 Å². The number of benzene rings is 1. The zero-order valence-corrected chi connectivity index (χ0v) is 9.12. The van der Waals surface area contributed by atoms with Gasteiger partial charge < -0.3 is 10.3 Å². The average molecular weight is 218 g/mol. The zero-order valence-electron chi connectivity index (χ0n) is 9.12. The molecule has 0 saturated heterocycles. The van der Waals surface area contributed by atoms with E-state index in [-0.39, 0.29) is 11.4 Å². The first-order valence-electron chi connectivity index (χ1n) is 5.07. The molecule has 2 radical (unpaired) electrons. The molecule has 1 aromatic carbocycles. The van der Waals surface area contributed by atoms with Crippen molar-refractivity contribution in [3.05, 3.63) is 36.0 Å². The average Bonchev–Trinajstić information content (AvgIpc) is 2.62. The van der Waals surface area contributed by atoms with Gasteiger partial charge in [-0.3, -0.25) is 4.79 Å². The summed E-state index contributed by atoms with van der Waals surface area (Å²) in [5, 5.41) is 4.03. The minimum absolute atomic E-state index is 0. The molecule has 1 amide bonds. The van der Waals surface area contributed by atoms with Gasteiger partial charge in [-0.2, -0.15) is 0 Å². The minimum Gasteiger partial charge on any atom is -0.361 e.